The SMILES string of the molecule is CCON(Cc1ccccc1)[C@@H](CC)[C@H]1COC(C)(C)O1. The van der Waals surface area contributed by atoms with Crippen molar-refractivity contribution in [3.63, 3.8) is 0 Å². The molecule has 0 amide bonds. The topological polar surface area (TPSA) is 30.9 Å². The minimum Gasteiger partial charge on any atom is -0.348 e. The van der Waals surface area contributed by atoms with Gasteiger partial charge in [0.15, 0.2) is 5.79 Å². The third-order valence-corrected chi connectivity index (χ3v) is 3.72. The van der Waals surface area contributed by atoms with Crippen LogP contribution in [0, 0.1) is 0 Å². The second-order valence-corrected chi connectivity index (χ2v) is 5.82. The Morgan fingerprint density at radius 1 is 1.29 bits per heavy atom. The Morgan fingerprint density at radius 2 is 2.00 bits per heavy atom. The summed E-state index contributed by atoms with van der Waals surface area (Å²) < 4.78 is 11.7. The highest BCUT2D eigenvalue weighted by Crippen LogP contribution is 2.28. The quantitative estimate of drug-likeness (QED) is 0.721. The van der Waals surface area contributed by atoms with Gasteiger partial charge in [0.2, 0.25) is 0 Å². The highest BCUT2D eigenvalue weighted by molar-refractivity contribution is 5.14. The summed E-state index contributed by atoms with van der Waals surface area (Å²) in [5.41, 5.74) is 1.24. The van der Waals surface area contributed by atoms with E-state index in [-0.39, 0.29) is 12.1 Å². The van der Waals surface area contributed by atoms with Crippen molar-refractivity contribution in [2.24, 2.45) is 0 Å². The molecule has 1 aliphatic rings. The molecule has 1 aliphatic heterocycles. The zero-order chi connectivity index (χ0) is 15.3. The van der Waals surface area contributed by atoms with Crippen LogP contribution in [0.5, 0.6) is 0 Å². The summed E-state index contributed by atoms with van der Waals surface area (Å²) in [5, 5.41) is 2.05. The number of benzene rings is 1. The first-order valence-corrected chi connectivity index (χ1v) is 7.81. The van der Waals surface area contributed by atoms with Crippen LogP contribution < -0.4 is 0 Å². The van der Waals surface area contributed by atoms with Crippen LogP contribution in [0.2, 0.25) is 0 Å². The molecule has 0 saturated carbocycles. The minimum atomic E-state index is -0.497. The molecule has 0 N–H and O–H groups in total. The number of ether oxygens (including phenoxy) is 2. The Labute approximate surface area is 127 Å². The number of nitrogens with zero attached hydrogens (tertiary/aromatic N) is 1. The number of hydrogen-bond acceptors (Lipinski definition) is 4. The maximum atomic E-state index is 6.02. The lowest BCUT2D eigenvalue weighted by Gasteiger charge is -2.33. The average Bonchev–Trinajstić information content (AvgIpc) is 2.81. The van der Waals surface area contributed by atoms with Crippen molar-refractivity contribution in [2.75, 3.05) is 13.2 Å². The minimum absolute atomic E-state index is 0.0419. The molecule has 4 nitrogen and oxygen atoms in total. The van der Waals surface area contributed by atoms with E-state index in [0.717, 1.165) is 13.0 Å². The standard InChI is InChI=1S/C17H27NO3/c1-5-15(16-13-19-17(3,4)21-16)18(20-6-2)12-14-10-8-7-9-11-14/h7-11,15-16H,5-6,12-13H2,1-4H3/t15-,16+/m0/s1. The molecule has 0 spiro atoms. The summed E-state index contributed by atoms with van der Waals surface area (Å²) in [7, 11) is 0. The van der Waals surface area contributed by atoms with Crippen LogP contribution in [0.1, 0.15) is 39.7 Å². The van der Waals surface area contributed by atoms with Gasteiger partial charge in [-0.15, -0.1) is 0 Å². The van der Waals surface area contributed by atoms with E-state index < -0.39 is 5.79 Å². The van der Waals surface area contributed by atoms with Crippen molar-refractivity contribution in [2.45, 2.75) is 58.6 Å². The predicted octanol–water partition coefficient (Wildman–Crippen LogP) is 3.37. The second-order valence-electron chi connectivity index (χ2n) is 5.82. The van der Waals surface area contributed by atoms with Crippen LogP contribution in [0.3, 0.4) is 0 Å². The zero-order valence-corrected chi connectivity index (χ0v) is 13.5. The highest BCUT2D eigenvalue weighted by Gasteiger charge is 2.39. The van der Waals surface area contributed by atoms with Gasteiger partial charge in [0.1, 0.15) is 6.10 Å². The first-order chi connectivity index (χ1) is 10.1. The Kier molecular flexibility index (Phi) is 5.76. The Morgan fingerprint density at radius 3 is 2.52 bits per heavy atom. The van der Waals surface area contributed by atoms with E-state index in [2.05, 4.69) is 31.2 Å². The molecule has 1 fully saturated rings. The van der Waals surface area contributed by atoms with Gasteiger partial charge in [-0.3, -0.25) is 4.84 Å². The number of rotatable bonds is 7. The van der Waals surface area contributed by atoms with Crippen LogP contribution in [0.25, 0.3) is 0 Å². The fourth-order valence-corrected chi connectivity index (χ4v) is 2.74. The molecule has 21 heavy (non-hydrogen) atoms. The van der Waals surface area contributed by atoms with Gasteiger partial charge in [-0.2, -0.15) is 5.06 Å². The lowest BCUT2D eigenvalue weighted by atomic mass is 10.1. The van der Waals surface area contributed by atoms with Gasteiger partial charge >= 0.3 is 0 Å². The van der Waals surface area contributed by atoms with Gasteiger partial charge in [-0.1, -0.05) is 37.3 Å². The molecule has 1 aromatic rings. The van der Waals surface area contributed by atoms with Crippen molar-refractivity contribution in [1.29, 1.82) is 0 Å². The molecule has 0 aliphatic carbocycles. The molecule has 0 bridgehead atoms. The van der Waals surface area contributed by atoms with E-state index in [9.17, 15) is 0 Å². The van der Waals surface area contributed by atoms with E-state index >= 15 is 0 Å². The average molecular weight is 293 g/mol. The number of hydrogen-bond donors (Lipinski definition) is 0. The molecule has 0 radical (unpaired) electrons. The Balaban J connectivity index is 2.07. The van der Waals surface area contributed by atoms with Gasteiger partial charge in [0.25, 0.3) is 0 Å². The van der Waals surface area contributed by atoms with Crippen LogP contribution in [0.4, 0.5) is 0 Å². The van der Waals surface area contributed by atoms with Crippen molar-refractivity contribution in [3.8, 4) is 0 Å². The second kappa shape index (κ2) is 7.36. The lowest BCUT2D eigenvalue weighted by Crippen LogP contribution is -2.44. The van der Waals surface area contributed by atoms with Gasteiger partial charge in [0.05, 0.1) is 19.3 Å². The third kappa shape index (κ3) is 4.51. The third-order valence-electron chi connectivity index (χ3n) is 3.72. The van der Waals surface area contributed by atoms with Crippen LogP contribution in [-0.4, -0.2) is 36.2 Å². The number of hydroxylamine groups is 2. The van der Waals surface area contributed by atoms with Crippen molar-refractivity contribution in [1.82, 2.24) is 5.06 Å². The highest BCUT2D eigenvalue weighted by atomic mass is 16.7. The zero-order valence-electron chi connectivity index (χ0n) is 13.5. The van der Waals surface area contributed by atoms with E-state index in [1.165, 1.54) is 5.56 Å². The van der Waals surface area contributed by atoms with Crippen molar-refractivity contribution >= 4 is 0 Å². The van der Waals surface area contributed by atoms with Crippen LogP contribution in [-0.2, 0) is 20.9 Å². The maximum Gasteiger partial charge on any atom is 0.163 e. The molecule has 2 rings (SSSR count). The van der Waals surface area contributed by atoms with Gasteiger partial charge in [0, 0.05) is 6.54 Å². The molecule has 1 heterocycles. The molecule has 118 valence electrons. The maximum absolute atomic E-state index is 6.02. The molecule has 4 heteroatoms. The summed E-state index contributed by atoms with van der Waals surface area (Å²) in [6, 6.07) is 10.6. The normalized spacial score (nSPS) is 22.6. The molecule has 1 saturated heterocycles. The fraction of sp³-hybridized carbons (Fsp3) is 0.647. The van der Waals surface area contributed by atoms with E-state index in [1.54, 1.807) is 0 Å². The molecule has 2 atom stereocenters. The summed E-state index contributed by atoms with van der Waals surface area (Å²) in [6.07, 6.45) is 0.997. The largest absolute Gasteiger partial charge is 0.348 e. The Hall–Kier alpha value is -0.940. The fourth-order valence-electron chi connectivity index (χ4n) is 2.74. The molecule has 0 aromatic heterocycles. The van der Waals surface area contributed by atoms with Gasteiger partial charge < -0.3 is 9.47 Å². The summed E-state index contributed by atoms with van der Waals surface area (Å²) in [6.45, 7) is 10.1. The first-order valence-electron chi connectivity index (χ1n) is 7.81. The van der Waals surface area contributed by atoms with E-state index in [1.807, 2.05) is 31.9 Å². The molecular formula is C17H27NO3. The molecular weight excluding hydrogens is 266 g/mol. The van der Waals surface area contributed by atoms with Crippen LogP contribution in [0.15, 0.2) is 30.3 Å². The van der Waals surface area contributed by atoms with Crippen molar-refractivity contribution < 1.29 is 14.3 Å². The Bertz CT molecular complexity index is 421. The van der Waals surface area contributed by atoms with Crippen molar-refractivity contribution in [3.05, 3.63) is 35.9 Å². The molecule has 1 aromatic carbocycles. The van der Waals surface area contributed by atoms with E-state index in [0.29, 0.717) is 13.2 Å². The monoisotopic (exact) mass is 293 g/mol. The van der Waals surface area contributed by atoms with E-state index in [4.69, 9.17) is 14.3 Å². The van der Waals surface area contributed by atoms with Gasteiger partial charge in [-0.25, -0.2) is 0 Å². The van der Waals surface area contributed by atoms with Gasteiger partial charge in [-0.05, 0) is 32.8 Å². The molecule has 0 unspecified atom stereocenters. The van der Waals surface area contributed by atoms with Crippen LogP contribution >= 0.6 is 0 Å². The predicted molar refractivity (Wildman–Crippen MR) is 82.6 cm³/mol. The lowest BCUT2D eigenvalue weighted by molar-refractivity contribution is -0.221. The first kappa shape index (κ1) is 16.4. The summed E-state index contributed by atoms with van der Waals surface area (Å²) in [4.78, 5) is 5.88. The smallest absolute Gasteiger partial charge is 0.163 e. The summed E-state index contributed by atoms with van der Waals surface area (Å²) >= 11 is 0. The summed E-state index contributed by atoms with van der Waals surface area (Å²) in [5.74, 6) is -0.497.